The molecule has 1 aliphatic rings. The Labute approximate surface area is 108 Å². The Kier molecular flexibility index (Phi) is 4.84. The van der Waals surface area contributed by atoms with Crippen molar-refractivity contribution in [2.24, 2.45) is 0 Å². The van der Waals surface area contributed by atoms with Crippen molar-refractivity contribution >= 4 is 11.8 Å². The van der Waals surface area contributed by atoms with Gasteiger partial charge in [0.25, 0.3) is 11.8 Å². The largest absolute Gasteiger partial charge is 0.271 e. The Hall–Kier alpha value is -1.90. The van der Waals surface area contributed by atoms with Crippen LogP contribution in [0.5, 0.6) is 0 Å². The minimum absolute atomic E-state index is 0.134. The summed E-state index contributed by atoms with van der Waals surface area (Å²) in [5.41, 5.74) is 1.01. The molecule has 1 atom stereocenters. The molecule has 0 aliphatic carbocycles. The molecule has 2 amide bonds. The molecule has 1 heterocycles. The van der Waals surface area contributed by atoms with Gasteiger partial charge in [0.15, 0.2) is 0 Å². The van der Waals surface area contributed by atoms with Crippen LogP contribution in [-0.4, -0.2) is 22.8 Å². The number of amides is 2. The van der Waals surface area contributed by atoms with Crippen molar-refractivity contribution < 1.29 is 9.59 Å². The second-order valence-electron chi connectivity index (χ2n) is 3.90. The standard InChI is InChI=1S/C13H13NO2.C2H6/c1-3-6-9(2)14-12(15)10-7-4-5-8-11(10)13(14)16;1-2/h3-5,7-9H,1,6H2,2H3;1-2H3. The van der Waals surface area contributed by atoms with Gasteiger partial charge in [0.1, 0.15) is 0 Å². The van der Waals surface area contributed by atoms with E-state index >= 15 is 0 Å². The minimum atomic E-state index is -0.199. The number of hydrogen-bond acceptors (Lipinski definition) is 2. The van der Waals surface area contributed by atoms with Gasteiger partial charge < -0.3 is 0 Å². The molecular weight excluding hydrogens is 226 g/mol. The van der Waals surface area contributed by atoms with Crippen LogP contribution in [0.2, 0.25) is 0 Å². The van der Waals surface area contributed by atoms with E-state index in [2.05, 4.69) is 6.58 Å². The highest BCUT2D eigenvalue weighted by molar-refractivity contribution is 6.21. The number of hydrogen-bond donors (Lipinski definition) is 0. The molecule has 3 nitrogen and oxygen atoms in total. The number of rotatable bonds is 3. The maximum absolute atomic E-state index is 12.0. The van der Waals surface area contributed by atoms with Gasteiger partial charge in [-0.3, -0.25) is 14.5 Å². The van der Waals surface area contributed by atoms with Gasteiger partial charge >= 0.3 is 0 Å². The third-order valence-electron chi connectivity index (χ3n) is 2.77. The predicted octanol–water partition coefficient (Wildman–Crippen LogP) is 3.27. The molecule has 0 radical (unpaired) electrons. The van der Waals surface area contributed by atoms with Gasteiger partial charge in [0.2, 0.25) is 0 Å². The van der Waals surface area contributed by atoms with Gasteiger partial charge in [-0.1, -0.05) is 32.1 Å². The molecule has 2 rings (SSSR count). The fraction of sp³-hybridized carbons (Fsp3) is 0.333. The first-order valence-corrected chi connectivity index (χ1v) is 6.24. The molecule has 0 fully saturated rings. The molecule has 3 heteroatoms. The van der Waals surface area contributed by atoms with Crippen LogP contribution in [0.1, 0.15) is 47.9 Å². The summed E-state index contributed by atoms with van der Waals surface area (Å²) in [5.74, 6) is -0.398. The van der Waals surface area contributed by atoms with Crippen LogP contribution in [-0.2, 0) is 0 Å². The van der Waals surface area contributed by atoms with E-state index in [-0.39, 0.29) is 17.9 Å². The number of benzene rings is 1. The first kappa shape index (κ1) is 14.2. The number of carbonyl (C=O) groups excluding carboxylic acids is 2. The smallest absolute Gasteiger partial charge is 0.261 e. The first-order chi connectivity index (χ1) is 8.66. The summed E-state index contributed by atoms with van der Waals surface area (Å²) in [5, 5.41) is 0. The molecule has 0 saturated carbocycles. The summed E-state index contributed by atoms with van der Waals surface area (Å²) in [6.07, 6.45) is 2.33. The van der Waals surface area contributed by atoms with Crippen molar-refractivity contribution in [3.05, 3.63) is 48.0 Å². The Morgan fingerprint density at radius 1 is 1.17 bits per heavy atom. The van der Waals surface area contributed by atoms with Gasteiger partial charge in [0.05, 0.1) is 11.1 Å². The summed E-state index contributed by atoms with van der Waals surface area (Å²) in [6.45, 7) is 9.47. The fourth-order valence-corrected chi connectivity index (χ4v) is 1.95. The molecule has 18 heavy (non-hydrogen) atoms. The summed E-state index contributed by atoms with van der Waals surface area (Å²) < 4.78 is 0. The lowest BCUT2D eigenvalue weighted by Gasteiger charge is -2.20. The topological polar surface area (TPSA) is 37.4 Å². The van der Waals surface area contributed by atoms with Crippen LogP contribution in [0.25, 0.3) is 0 Å². The van der Waals surface area contributed by atoms with E-state index in [0.717, 1.165) is 0 Å². The monoisotopic (exact) mass is 245 g/mol. The second-order valence-corrected chi connectivity index (χ2v) is 3.90. The zero-order chi connectivity index (χ0) is 13.7. The average molecular weight is 245 g/mol. The van der Waals surface area contributed by atoms with Crippen molar-refractivity contribution in [1.82, 2.24) is 4.90 Å². The van der Waals surface area contributed by atoms with Crippen LogP contribution in [0.15, 0.2) is 36.9 Å². The Morgan fingerprint density at radius 2 is 1.61 bits per heavy atom. The molecule has 0 bridgehead atoms. The van der Waals surface area contributed by atoms with Gasteiger partial charge in [-0.05, 0) is 25.5 Å². The summed E-state index contributed by atoms with van der Waals surface area (Å²) in [6, 6.07) is 6.79. The molecule has 96 valence electrons. The molecular formula is C15H19NO2. The van der Waals surface area contributed by atoms with E-state index in [4.69, 9.17) is 0 Å². The third kappa shape index (κ3) is 2.35. The maximum atomic E-state index is 12.0. The summed E-state index contributed by atoms with van der Waals surface area (Å²) >= 11 is 0. The second kappa shape index (κ2) is 6.15. The van der Waals surface area contributed by atoms with E-state index < -0.39 is 0 Å². The average Bonchev–Trinajstić information content (AvgIpc) is 2.65. The minimum Gasteiger partial charge on any atom is -0.271 e. The van der Waals surface area contributed by atoms with E-state index in [0.29, 0.717) is 17.5 Å². The molecule has 0 spiro atoms. The Balaban J connectivity index is 0.000000771. The van der Waals surface area contributed by atoms with Crippen molar-refractivity contribution in [3.63, 3.8) is 0 Å². The lowest BCUT2D eigenvalue weighted by molar-refractivity contribution is 0.0598. The summed E-state index contributed by atoms with van der Waals surface area (Å²) in [4.78, 5) is 25.3. The molecule has 0 aromatic heterocycles. The van der Waals surface area contributed by atoms with Gasteiger partial charge in [-0.15, -0.1) is 6.58 Å². The van der Waals surface area contributed by atoms with Gasteiger partial charge in [-0.25, -0.2) is 0 Å². The number of carbonyl (C=O) groups is 2. The van der Waals surface area contributed by atoms with Crippen LogP contribution in [0.4, 0.5) is 0 Å². The number of fused-ring (bicyclic) bond motifs is 1. The van der Waals surface area contributed by atoms with Crippen LogP contribution in [0, 0.1) is 0 Å². The number of imide groups is 1. The zero-order valence-corrected chi connectivity index (χ0v) is 11.1. The van der Waals surface area contributed by atoms with E-state index in [1.54, 1.807) is 30.3 Å². The third-order valence-corrected chi connectivity index (χ3v) is 2.77. The molecule has 1 aliphatic heterocycles. The van der Waals surface area contributed by atoms with Crippen LogP contribution in [0.3, 0.4) is 0 Å². The molecule has 0 N–H and O–H groups in total. The fourth-order valence-electron chi connectivity index (χ4n) is 1.95. The van der Waals surface area contributed by atoms with E-state index in [9.17, 15) is 9.59 Å². The Bertz CT molecular complexity index is 430. The van der Waals surface area contributed by atoms with E-state index in [1.165, 1.54) is 4.90 Å². The van der Waals surface area contributed by atoms with Crippen molar-refractivity contribution in [2.45, 2.75) is 33.2 Å². The lowest BCUT2D eigenvalue weighted by atomic mass is 10.1. The van der Waals surface area contributed by atoms with Crippen molar-refractivity contribution in [1.29, 1.82) is 0 Å². The van der Waals surface area contributed by atoms with Gasteiger partial charge in [0, 0.05) is 6.04 Å². The zero-order valence-electron chi connectivity index (χ0n) is 11.1. The Morgan fingerprint density at radius 3 is 2.00 bits per heavy atom. The SMILES string of the molecule is C=CCC(C)N1C(=O)c2ccccc2C1=O.CC. The highest BCUT2D eigenvalue weighted by atomic mass is 16.2. The molecule has 1 unspecified atom stereocenters. The van der Waals surface area contributed by atoms with Crippen LogP contribution >= 0.6 is 0 Å². The maximum Gasteiger partial charge on any atom is 0.261 e. The van der Waals surface area contributed by atoms with E-state index in [1.807, 2.05) is 20.8 Å². The van der Waals surface area contributed by atoms with Gasteiger partial charge in [-0.2, -0.15) is 0 Å². The highest BCUT2D eigenvalue weighted by Crippen LogP contribution is 2.25. The number of nitrogens with zero attached hydrogens (tertiary/aromatic N) is 1. The van der Waals surface area contributed by atoms with Crippen LogP contribution < -0.4 is 0 Å². The molecule has 1 aromatic rings. The summed E-state index contributed by atoms with van der Waals surface area (Å²) in [7, 11) is 0. The lowest BCUT2D eigenvalue weighted by Crippen LogP contribution is -2.37. The van der Waals surface area contributed by atoms with Crippen molar-refractivity contribution in [3.8, 4) is 0 Å². The quantitative estimate of drug-likeness (QED) is 0.605. The molecule has 0 saturated heterocycles. The predicted molar refractivity (Wildman–Crippen MR) is 72.6 cm³/mol. The highest BCUT2D eigenvalue weighted by Gasteiger charge is 2.37. The normalized spacial score (nSPS) is 14.7. The first-order valence-electron chi connectivity index (χ1n) is 6.24. The molecule has 1 aromatic carbocycles. The van der Waals surface area contributed by atoms with Crippen molar-refractivity contribution in [2.75, 3.05) is 0 Å².